The first kappa shape index (κ1) is 17.9. The molecule has 0 fully saturated rings. The molecule has 0 unspecified atom stereocenters. The second-order valence-corrected chi connectivity index (χ2v) is 6.07. The molecule has 0 aliphatic carbocycles. The van der Waals surface area contributed by atoms with Crippen LogP contribution in [0.4, 0.5) is 4.79 Å². The van der Waals surface area contributed by atoms with Crippen LogP contribution in [0, 0.1) is 0 Å². The highest BCUT2D eigenvalue weighted by Gasteiger charge is 2.19. The van der Waals surface area contributed by atoms with E-state index in [1.165, 1.54) is 11.3 Å². The van der Waals surface area contributed by atoms with E-state index in [9.17, 15) is 9.59 Å². The predicted octanol–water partition coefficient (Wildman–Crippen LogP) is 2.46. The summed E-state index contributed by atoms with van der Waals surface area (Å²) >= 11 is 1.41. The van der Waals surface area contributed by atoms with Crippen molar-refractivity contribution in [2.75, 3.05) is 13.7 Å². The molecule has 1 aromatic heterocycles. The maximum atomic E-state index is 11.8. The van der Waals surface area contributed by atoms with Gasteiger partial charge < -0.3 is 15.4 Å². The molecule has 6 nitrogen and oxygen atoms in total. The number of nitrogens with zero attached hydrogens (tertiary/aromatic N) is 1. The van der Waals surface area contributed by atoms with Gasteiger partial charge in [-0.3, -0.25) is 4.79 Å². The lowest BCUT2D eigenvalue weighted by molar-refractivity contribution is -0.119. The number of carbonyl (C=O) groups excluding carboxylic acids is 2. The fraction of sp³-hybridized carbons (Fsp3) is 0.353. The summed E-state index contributed by atoms with van der Waals surface area (Å²) in [5, 5.41) is 8.01. The van der Waals surface area contributed by atoms with Crippen molar-refractivity contribution in [3.8, 4) is 0 Å². The lowest BCUT2D eigenvalue weighted by Crippen LogP contribution is -2.30. The summed E-state index contributed by atoms with van der Waals surface area (Å²) in [5.74, 6) is -0.0890. The van der Waals surface area contributed by atoms with Crippen molar-refractivity contribution in [2.24, 2.45) is 0 Å². The molecule has 0 aliphatic heterocycles. The van der Waals surface area contributed by atoms with E-state index < -0.39 is 6.09 Å². The second kappa shape index (κ2) is 9.02. The summed E-state index contributed by atoms with van der Waals surface area (Å²) < 4.78 is 4.98. The van der Waals surface area contributed by atoms with E-state index in [-0.39, 0.29) is 18.4 Å². The summed E-state index contributed by atoms with van der Waals surface area (Å²) in [4.78, 5) is 27.8. The van der Waals surface area contributed by atoms with E-state index in [1.807, 2.05) is 35.7 Å². The molecule has 1 atom stereocenters. The molecule has 0 saturated heterocycles. The van der Waals surface area contributed by atoms with Gasteiger partial charge in [-0.15, -0.1) is 11.3 Å². The monoisotopic (exact) mass is 347 g/mol. The molecule has 128 valence electrons. The van der Waals surface area contributed by atoms with Crippen molar-refractivity contribution in [2.45, 2.75) is 25.8 Å². The Balaban J connectivity index is 2.15. The normalized spacial score (nSPS) is 11.6. The Kier molecular flexibility index (Phi) is 6.74. The van der Waals surface area contributed by atoms with Crippen LogP contribution in [0.5, 0.6) is 0 Å². The maximum absolute atomic E-state index is 11.8. The van der Waals surface area contributed by atoms with Gasteiger partial charge in [0.25, 0.3) is 0 Å². The van der Waals surface area contributed by atoms with Crippen molar-refractivity contribution in [1.82, 2.24) is 15.6 Å². The van der Waals surface area contributed by atoms with Crippen LogP contribution in [0.3, 0.4) is 0 Å². The number of nitrogens with one attached hydrogen (secondary N) is 2. The van der Waals surface area contributed by atoms with Gasteiger partial charge >= 0.3 is 6.09 Å². The van der Waals surface area contributed by atoms with Crippen LogP contribution in [0.1, 0.15) is 29.2 Å². The van der Waals surface area contributed by atoms with Crippen LogP contribution < -0.4 is 10.6 Å². The van der Waals surface area contributed by atoms with E-state index >= 15 is 0 Å². The quantitative estimate of drug-likeness (QED) is 0.806. The minimum absolute atomic E-state index is 0.0890. The molecule has 0 bridgehead atoms. The fourth-order valence-corrected chi connectivity index (χ4v) is 3.03. The van der Waals surface area contributed by atoms with Crippen molar-refractivity contribution >= 4 is 23.3 Å². The third-order valence-corrected chi connectivity index (χ3v) is 4.23. The van der Waals surface area contributed by atoms with Crippen molar-refractivity contribution in [3.63, 3.8) is 0 Å². The van der Waals surface area contributed by atoms with Crippen LogP contribution in [-0.2, 0) is 22.4 Å². The van der Waals surface area contributed by atoms with E-state index in [0.29, 0.717) is 18.0 Å². The Morgan fingerprint density at radius 3 is 2.71 bits per heavy atom. The van der Waals surface area contributed by atoms with Crippen molar-refractivity contribution in [3.05, 3.63) is 52.0 Å². The zero-order chi connectivity index (χ0) is 17.4. The molecular formula is C17H21N3O3S. The van der Waals surface area contributed by atoms with Gasteiger partial charge in [-0.2, -0.15) is 0 Å². The van der Waals surface area contributed by atoms with Gasteiger partial charge in [0.15, 0.2) is 0 Å². The zero-order valence-electron chi connectivity index (χ0n) is 13.7. The van der Waals surface area contributed by atoms with E-state index in [1.54, 1.807) is 14.0 Å². The zero-order valence-corrected chi connectivity index (χ0v) is 14.6. The molecule has 0 aliphatic rings. The van der Waals surface area contributed by atoms with Gasteiger partial charge in [0.05, 0.1) is 24.8 Å². The van der Waals surface area contributed by atoms with E-state index in [4.69, 9.17) is 4.74 Å². The molecule has 0 radical (unpaired) electrons. The molecule has 2 amide bonds. The third-order valence-electron chi connectivity index (χ3n) is 3.37. The number of hydrogen-bond donors (Lipinski definition) is 2. The number of carbonyl (C=O) groups is 2. The highest BCUT2D eigenvalue weighted by molar-refractivity contribution is 7.09. The van der Waals surface area contributed by atoms with Crippen molar-refractivity contribution in [1.29, 1.82) is 0 Å². The molecule has 1 aromatic carbocycles. The third kappa shape index (κ3) is 5.34. The van der Waals surface area contributed by atoms with Gasteiger partial charge in [-0.1, -0.05) is 30.3 Å². The second-order valence-electron chi connectivity index (χ2n) is 5.12. The molecule has 2 rings (SSSR count). The summed E-state index contributed by atoms with van der Waals surface area (Å²) in [6.07, 6.45) is 0.362. The van der Waals surface area contributed by atoms with E-state index in [0.717, 1.165) is 11.3 Å². The first-order valence-electron chi connectivity index (χ1n) is 7.74. The van der Waals surface area contributed by atoms with Gasteiger partial charge in [0.1, 0.15) is 5.01 Å². The smallest absolute Gasteiger partial charge is 0.407 e. The van der Waals surface area contributed by atoms with Crippen LogP contribution in [0.15, 0.2) is 35.7 Å². The molecule has 2 aromatic rings. The molecule has 7 heteroatoms. The predicted molar refractivity (Wildman–Crippen MR) is 92.9 cm³/mol. The highest BCUT2D eigenvalue weighted by atomic mass is 32.1. The summed E-state index contributed by atoms with van der Waals surface area (Å²) in [6.45, 7) is 2.07. The standard InChI is InChI=1S/C17H21N3O3S/c1-3-23-17(22)20-13(9-12-7-5-4-6-8-12)14-11-24-16(19-14)10-15(21)18-2/h4-8,11,13H,3,9-10H2,1-2H3,(H,18,21)(H,20,22)/t13-/m0/s1. The maximum Gasteiger partial charge on any atom is 0.407 e. The Hall–Kier alpha value is -2.41. The van der Waals surface area contributed by atoms with Crippen LogP contribution >= 0.6 is 11.3 Å². The average Bonchev–Trinajstić information content (AvgIpc) is 3.03. The van der Waals surface area contributed by atoms with Gasteiger partial charge in [-0.05, 0) is 18.9 Å². The number of hydrogen-bond acceptors (Lipinski definition) is 5. The number of alkyl carbamates (subject to hydrolysis) is 1. The topological polar surface area (TPSA) is 80.3 Å². The first-order chi connectivity index (χ1) is 11.6. The van der Waals surface area contributed by atoms with E-state index in [2.05, 4.69) is 15.6 Å². The lowest BCUT2D eigenvalue weighted by atomic mass is 10.0. The summed E-state index contributed by atoms with van der Waals surface area (Å²) in [5.41, 5.74) is 1.82. The number of amides is 2. The first-order valence-corrected chi connectivity index (χ1v) is 8.62. The Bertz CT molecular complexity index is 673. The average molecular weight is 347 g/mol. The molecule has 0 spiro atoms. The van der Waals surface area contributed by atoms with Crippen LogP contribution in [0.25, 0.3) is 0 Å². The minimum Gasteiger partial charge on any atom is -0.450 e. The number of thiazole rings is 1. The molecule has 2 N–H and O–H groups in total. The summed E-state index contributed by atoms with van der Waals surface area (Å²) in [6, 6.07) is 9.54. The molecule has 0 saturated carbocycles. The van der Waals surface area contributed by atoms with Gasteiger partial charge in [-0.25, -0.2) is 9.78 Å². The van der Waals surface area contributed by atoms with Gasteiger partial charge in [0, 0.05) is 12.4 Å². The highest BCUT2D eigenvalue weighted by Crippen LogP contribution is 2.21. The number of ether oxygens (including phenoxy) is 1. The molecule has 24 heavy (non-hydrogen) atoms. The van der Waals surface area contributed by atoms with Crippen LogP contribution in [-0.4, -0.2) is 30.6 Å². The Morgan fingerprint density at radius 2 is 2.04 bits per heavy atom. The van der Waals surface area contributed by atoms with Crippen LogP contribution in [0.2, 0.25) is 0 Å². The van der Waals surface area contributed by atoms with Gasteiger partial charge in [0.2, 0.25) is 5.91 Å². The Morgan fingerprint density at radius 1 is 1.29 bits per heavy atom. The SMILES string of the molecule is CCOC(=O)N[C@@H](Cc1ccccc1)c1csc(CC(=O)NC)n1. The minimum atomic E-state index is -0.473. The number of likely N-dealkylation sites (N-methyl/N-ethyl adjacent to an activating group) is 1. The largest absolute Gasteiger partial charge is 0.450 e. The lowest BCUT2D eigenvalue weighted by Gasteiger charge is -2.16. The molecule has 1 heterocycles. The number of rotatable bonds is 7. The Labute approximate surface area is 145 Å². The number of benzene rings is 1. The fourth-order valence-electron chi connectivity index (χ4n) is 2.19. The number of aromatic nitrogens is 1. The summed E-state index contributed by atoms with van der Waals surface area (Å²) in [7, 11) is 1.59. The van der Waals surface area contributed by atoms with Crippen molar-refractivity contribution < 1.29 is 14.3 Å². The molecular weight excluding hydrogens is 326 g/mol.